The van der Waals surface area contributed by atoms with Gasteiger partial charge in [-0.25, -0.2) is 4.39 Å². The maximum absolute atomic E-state index is 14.0. The summed E-state index contributed by atoms with van der Waals surface area (Å²) in [6.45, 7) is 3.10. The summed E-state index contributed by atoms with van der Waals surface area (Å²) < 4.78 is 20.0. The van der Waals surface area contributed by atoms with E-state index in [-0.39, 0.29) is 10.8 Å². The highest BCUT2D eigenvalue weighted by Crippen LogP contribution is 2.30. The van der Waals surface area contributed by atoms with Crippen LogP contribution < -0.4 is 4.74 Å². The van der Waals surface area contributed by atoms with Crippen LogP contribution in [-0.4, -0.2) is 6.61 Å². The molecule has 0 unspecified atom stereocenters. The van der Waals surface area contributed by atoms with Gasteiger partial charge in [0, 0.05) is 5.56 Å². The predicted molar refractivity (Wildman–Crippen MR) is 93.5 cm³/mol. The first-order chi connectivity index (χ1) is 11.1. The van der Waals surface area contributed by atoms with Crippen LogP contribution in [0.4, 0.5) is 4.39 Å². The van der Waals surface area contributed by atoms with Crippen molar-refractivity contribution in [3.63, 3.8) is 0 Å². The minimum Gasteiger partial charge on any atom is -0.493 e. The number of hydrogen-bond donors (Lipinski definition) is 0. The van der Waals surface area contributed by atoms with E-state index in [2.05, 4.69) is 6.92 Å². The standard InChI is InChI=1S/C20H22ClFO/c1-14-5-7-15(8-6-14)13-23-17-11-9-16(10-12-17)18-3-2-4-19(21)20(18)22/h2-4,9-12,14-15H,5-8,13H2,1H3. The molecule has 23 heavy (non-hydrogen) atoms. The molecule has 0 saturated heterocycles. The molecule has 0 aromatic heterocycles. The first-order valence-corrected chi connectivity index (χ1v) is 8.68. The first-order valence-electron chi connectivity index (χ1n) is 8.30. The van der Waals surface area contributed by atoms with Crippen molar-refractivity contribution in [2.45, 2.75) is 32.6 Å². The minimum absolute atomic E-state index is 0.148. The van der Waals surface area contributed by atoms with E-state index in [0.29, 0.717) is 11.5 Å². The van der Waals surface area contributed by atoms with Gasteiger partial charge in [0.15, 0.2) is 0 Å². The monoisotopic (exact) mass is 332 g/mol. The molecule has 0 N–H and O–H groups in total. The van der Waals surface area contributed by atoms with Gasteiger partial charge in [-0.2, -0.15) is 0 Å². The summed E-state index contributed by atoms with van der Waals surface area (Å²) in [6.07, 6.45) is 5.13. The number of ether oxygens (including phenoxy) is 1. The summed E-state index contributed by atoms with van der Waals surface area (Å²) in [5.74, 6) is 1.99. The predicted octanol–water partition coefficient (Wildman–Crippen LogP) is 6.35. The second-order valence-electron chi connectivity index (χ2n) is 6.56. The Morgan fingerprint density at radius 2 is 1.74 bits per heavy atom. The average molecular weight is 333 g/mol. The van der Waals surface area contributed by atoms with Crippen LogP contribution in [0.25, 0.3) is 11.1 Å². The Hall–Kier alpha value is -1.54. The van der Waals surface area contributed by atoms with Crippen LogP contribution in [0.15, 0.2) is 42.5 Å². The van der Waals surface area contributed by atoms with Crippen LogP contribution in [0.5, 0.6) is 5.75 Å². The Bertz CT molecular complexity index is 645. The van der Waals surface area contributed by atoms with Crippen LogP contribution in [0, 0.1) is 17.7 Å². The molecule has 3 heteroatoms. The summed E-state index contributed by atoms with van der Waals surface area (Å²) in [5.41, 5.74) is 1.33. The molecular formula is C20H22ClFO. The fourth-order valence-corrected chi connectivity index (χ4v) is 3.34. The minimum atomic E-state index is -0.376. The van der Waals surface area contributed by atoms with Crippen molar-refractivity contribution >= 4 is 11.6 Å². The molecule has 0 bridgehead atoms. The van der Waals surface area contributed by atoms with Gasteiger partial charge in [0.2, 0.25) is 0 Å². The lowest BCUT2D eigenvalue weighted by Gasteiger charge is -2.26. The molecule has 2 aromatic carbocycles. The van der Waals surface area contributed by atoms with E-state index in [1.54, 1.807) is 18.2 Å². The van der Waals surface area contributed by atoms with E-state index in [4.69, 9.17) is 16.3 Å². The lowest BCUT2D eigenvalue weighted by atomic mass is 9.83. The zero-order valence-electron chi connectivity index (χ0n) is 13.4. The van der Waals surface area contributed by atoms with Gasteiger partial charge in [-0.15, -0.1) is 0 Å². The van der Waals surface area contributed by atoms with Gasteiger partial charge >= 0.3 is 0 Å². The topological polar surface area (TPSA) is 9.23 Å². The van der Waals surface area contributed by atoms with Gasteiger partial charge in [-0.3, -0.25) is 0 Å². The molecule has 1 aliphatic carbocycles. The third-order valence-electron chi connectivity index (χ3n) is 4.74. The molecule has 1 fully saturated rings. The Labute approximate surface area is 142 Å². The highest BCUT2D eigenvalue weighted by molar-refractivity contribution is 6.31. The zero-order chi connectivity index (χ0) is 16.2. The van der Waals surface area contributed by atoms with Crippen LogP contribution in [-0.2, 0) is 0 Å². The van der Waals surface area contributed by atoms with Crippen molar-refractivity contribution in [3.05, 3.63) is 53.3 Å². The summed E-state index contributed by atoms with van der Waals surface area (Å²) in [5, 5.41) is 0.148. The van der Waals surface area contributed by atoms with E-state index in [0.717, 1.165) is 23.8 Å². The van der Waals surface area contributed by atoms with Gasteiger partial charge < -0.3 is 4.74 Å². The van der Waals surface area contributed by atoms with Crippen LogP contribution >= 0.6 is 11.6 Å². The third-order valence-corrected chi connectivity index (χ3v) is 5.03. The van der Waals surface area contributed by atoms with Gasteiger partial charge in [0.05, 0.1) is 11.6 Å². The molecule has 3 rings (SSSR count). The summed E-state index contributed by atoms with van der Waals surface area (Å²) in [6, 6.07) is 12.6. The van der Waals surface area contributed by atoms with Crippen molar-refractivity contribution in [2.75, 3.05) is 6.61 Å². The van der Waals surface area contributed by atoms with E-state index >= 15 is 0 Å². The second kappa shape index (κ2) is 7.35. The SMILES string of the molecule is CC1CCC(COc2ccc(-c3cccc(Cl)c3F)cc2)CC1. The smallest absolute Gasteiger partial charge is 0.149 e. The third kappa shape index (κ3) is 4.06. The second-order valence-corrected chi connectivity index (χ2v) is 6.97. The molecule has 1 saturated carbocycles. The number of hydrogen-bond acceptors (Lipinski definition) is 1. The van der Waals surface area contributed by atoms with Crippen LogP contribution in [0.3, 0.4) is 0 Å². The summed E-state index contributed by atoms with van der Waals surface area (Å²) in [4.78, 5) is 0. The molecule has 1 nitrogen and oxygen atoms in total. The maximum Gasteiger partial charge on any atom is 0.149 e. The van der Waals surface area contributed by atoms with Crippen molar-refractivity contribution in [3.8, 4) is 16.9 Å². The van der Waals surface area contributed by atoms with E-state index in [1.807, 2.05) is 24.3 Å². The molecule has 122 valence electrons. The molecule has 0 heterocycles. The van der Waals surface area contributed by atoms with Crippen molar-refractivity contribution in [1.82, 2.24) is 0 Å². The van der Waals surface area contributed by atoms with E-state index in [9.17, 15) is 4.39 Å². The molecule has 0 atom stereocenters. The lowest BCUT2D eigenvalue weighted by Crippen LogP contribution is -2.18. The van der Waals surface area contributed by atoms with Gasteiger partial charge in [0.1, 0.15) is 11.6 Å². The number of halogens is 2. The Kier molecular flexibility index (Phi) is 5.22. The quantitative estimate of drug-likeness (QED) is 0.633. The molecule has 0 spiro atoms. The van der Waals surface area contributed by atoms with Gasteiger partial charge in [-0.05, 0) is 48.4 Å². The van der Waals surface area contributed by atoms with Gasteiger partial charge in [0.25, 0.3) is 0 Å². The Morgan fingerprint density at radius 3 is 2.43 bits per heavy atom. The zero-order valence-corrected chi connectivity index (χ0v) is 14.2. The Balaban J connectivity index is 1.62. The molecule has 0 aliphatic heterocycles. The normalized spacial score (nSPS) is 21.2. The van der Waals surface area contributed by atoms with Crippen LogP contribution in [0.2, 0.25) is 5.02 Å². The van der Waals surface area contributed by atoms with Crippen molar-refractivity contribution in [2.24, 2.45) is 11.8 Å². The average Bonchev–Trinajstić information content (AvgIpc) is 2.57. The largest absolute Gasteiger partial charge is 0.493 e. The molecule has 2 aromatic rings. The van der Waals surface area contributed by atoms with Crippen LogP contribution in [0.1, 0.15) is 32.6 Å². The highest BCUT2D eigenvalue weighted by Gasteiger charge is 2.18. The van der Waals surface area contributed by atoms with E-state index < -0.39 is 0 Å². The Morgan fingerprint density at radius 1 is 1.04 bits per heavy atom. The van der Waals surface area contributed by atoms with Crippen molar-refractivity contribution in [1.29, 1.82) is 0 Å². The van der Waals surface area contributed by atoms with Crippen molar-refractivity contribution < 1.29 is 9.13 Å². The summed E-state index contributed by atoms with van der Waals surface area (Å²) in [7, 11) is 0. The molecular weight excluding hydrogens is 311 g/mol. The molecule has 0 amide bonds. The fourth-order valence-electron chi connectivity index (χ4n) is 3.17. The number of benzene rings is 2. The fraction of sp³-hybridized carbons (Fsp3) is 0.400. The number of rotatable bonds is 4. The highest BCUT2D eigenvalue weighted by atomic mass is 35.5. The van der Waals surface area contributed by atoms with E-state index in [1.165, 1.54) is 25.7 Å². The lowest BCUT2D eigenvalue weighted by molar-refractivity contribution is 0.188. The van der Waals surface area contributed by atoms with Gasteiger partial charge in [-0.1, -0.05) is 55.6 Å². The molecule has 1 aliphatic rings. The molecule has 0 radical (unpaired) electrons. The summed E-state index contributed by atoms with van der Waals surface area (Å²) >= 11 is 5.84. The first kappa shape index (κ1) is 16.3. The maximum atomic E-state index is 14.0.